The smallest absolute Gasteiger partial charge is 0.127 e. The van der Waals surface area contributed by atoms with E-state index < -0.39 is 0 Å². The molecule has 4 heteroatoms. The van der Waals surface area contributed by atoms with Crippen molar-refractivity contribution in [3.8, 4) is 0 Å². The normalized spacial score (nSPS) is 23.0. The number of hydrogen-bond acceptors (Lipinski definition) is 4. The average Bonchev–Trinajstić information content (AvgIpc) is 2.48. The molecule has 1 aliphatic heterocycles. The van der Waals surface area contributed by atoms with E-state index in [0.29, 0.717) is 0 Å². The number of pyridine rings is 1. The standard InChI is InChI=1S/C17H27N3O/c1-4-8-17(14-21)9-5-10-20(13-17)12-15-6-7-16(18-11-15)19(2)3/h4,6-7,11,21H,1,5,8-10,12-14H2,2-3H3/t17-/m1/s1. The third-order valence-corrected chi connectivity index (χ3v) is 4.33. The molecule has 2 heterocycles. The maximum Gasteiger partial charge on any atom is 0.127 e. The molecule has 1 saturated heterocycles. The predicted octanol–water partition coefficient (Wildman–Crippen LogP) is 2.30. The van der Waals surface area contributed by atoms with Crippen LogP contribution in [0.5, 0.6) is 0 Å². The summed E-state index contributed by atoms with van der Waals surface area (Å²) >= 11 is 0. The third kappa shape index (κ3) is 4.05. The van der Waals surface area contributed by atoms with Crippen LogP contribution in [0.1, 0.15) is 24.8 Å². The summed E-state index contributed by atoms with van der Waals surface area (Å²) in [4.78, 5) is 8.90. The van der Waals surface area contributed by atoms with Gasteiger partial charge in [-0.25, -0.2) is 4.98 Å². The lowest BCUT2D eigenvalue weighted by atomic mass is 9.78. The van der Waals surface area contributed by atoms with Crippen molar-refractivity contribution in [3.05, 3.63) is 36.5 Å². The third-order valence-electron chi connectivity index (χ3n) is 4.33. The van der Waals surface area contributed by atoms with Crippen LogP contribution >= 0.6 is 0 Å². The average molecular weight is 289 g/mol. The van der Waals surface area contributed by atoms with Gasteiger partial charge >= 0.3 is 0 Å². The molecular formula is C17H27N3O. The number of rotatable bonds is 6. The summed E-state index contributed by atoms with van der Waals surface area (Å²) in [7, 11) is 4.00. The van der Waals surface area contributed by atoms with Crippen molar-refractivity contribution in [2.45, 2.75) is 25.8 Å². The molecule has 1 aliphatic rings. The van der Waals surface area contributed by atoms with Gasteiger partial charge in [-0.3, -0.25) is 4.90 Å². The van der Waals surface area contributed by atoms with E-state index in [0.717, 1.165) is 44.7 Å². The number of nitrogens with zero attached hydrogens (tertiary/aromatic N) is 3. The summed E-state index contributed by atoms with van der Waals surface area (Å²) in [6, 6.07) is 4.20. The van der Waals surface area contributed by atoms with E-state index in [1.807, 2.05) is 31.3 Å². The Hall–Kier alpha value is -1.39. The number of allylic oxidation sites excluding steroid dienone is 1. The molecule has 0 unspecified atom stereocenters. The summed E-state index contributed by atoms with van der Waals surface area (Å²) in [5, 5.41) is 9.76. The maximum absolute atomic E-state index is 9.76. The summed E-state index contributed by atoms with van der Waals surface area (Å²) in [5.41, 5.74) is 1.23. The van der Waals surface area contributed by atoms with Gasteiger partial charge in [0.2, 0.25) is 0 Å². The molecule has 1 atom stereocenters. The fourth-order valence-electron chi connectivity index (χ4n) is 3.14. The second-order valence-electron chi connectivity index (χ2n) is 6.38. The fourth-order valence-corrected chi connectivity index (χ4v) is 3.14. The van der Waals surface area contributed by atoms with Crippen molar-refractivity contribution in [1.29, 1.82) is 0 Å². The number of aliphatic hydroxyl groups excluding tert-OH is 1. The van der Waals surface area contributed by atoms with Gasteiger partial charge in [0.1, 0.15) is 5.82 Å². The highest BCUT2D eigenvalue weighted by atomic mass is 16.3. The van der Waals surface area contributed by atoms with E-state index in [4.69, 9.17) is 0 Å². The molecule has 0 aliphatic carbocycles. The Morgan fingerprint density at radius 2 is 2.29 bits per heavy atom. The first-order valence-electron chi connectivity index (χ1n) is 7.65. The molecule has 1 aromatic rings. The monoisotopic (exact) mass is 289 g/mol. The zero-order chi connectivity index (χ0) is 15.3. The predicted molar refractivity (Wildman–Crippen MR) is 87.4 cm³/mol. The minimum Gasteiger partial charge on any atom is -0.396 e. The van der Waals surface area contributed by atoms with E-state index >= 15 is 0 Å². The summed E-state index contributed by atoms with van der Waals surface area (Å²) in [6.45, 7) is 7.01. The minimum atomic E-state index is -0.00297. The van der Waals surface area contributed by atoms with E-state index in [1.54, 1.807) is 0 Å². The number of aliphatic hydroxyl groups is 1. The second kappa shape index (κ2) is 7.05. The molecule has 1 aromatic heterocycles. The Balaban J connectivity index is 2.00. The van der Waals surface area contributed by atoms with Crippen molar-refractivity contribution in [1.82, 2.24) is 9.88 Å². The van der Waals surface area contributed by atoms with Crippen LogP contribution in [0.15, 0.2) is 31.0 Å². The lowest BCUT2D eigenvalue weighted by molar-refractivity contribution is 0.0309. The van der Waals surface area contributed by atoms with Crippen LogP contribution in [0.2, 0.25) is 0 Å². The van der Waals surface area contributed by atoms with Gasteiger partial charge < -0.3 is 10.0 Å². The molecule has 1 fully saturated rings. The zero-order valence-corrected chi connectivity index (χ0v) is 13.3. The maximum atomic E-state index is 9.76. The molecule has 0 aromatic carbocycles. The molecule has 0 radical (unpaired) electrons. The van der Waals surface area contributed by atoms with E-state index in [9.17, 15) is 5.11 Å². The van der Waals surface area contributed by atoms with Gasteiger partial charge in [0.25, 0.3) is 0 Å². The van der Waals surface area contributed by atoms with Crippen LogP contribution in [0, 0.1) is 5.41 Å². The lowest BCUT2D eigenvalue weighted by Gasteiger charge is -2.41. The molecule has 4 nitrogen and oxygen atoms in total. The number of hydrogen-bond donors (Lipinski definition) is 1. The minimum absolute atomic E-state index is 0.00297. The van der Waals surface area contributed by atoms with Crippen molar-refractivity contribution < 1.29 is 5.11 Å². The molecule has 2 rings (SSSR count). The zero-order valence-electron chi connectivity index (χ0n) is 13.3. The molecule has 21 heavy (non-hydrogen) atoms. The van der Waals surface area contributed by atoms with Crippen molar-refractivity contribution >= 4 is 5.82 Å². The molecule has 1 N–H and O–H groups in total. The van der Waals surface area contributed by atoms with Crippen LogP contribution in [-0.4, -0.2) is 48.8 Å². The van der Waals surface area contributed by atoms with Gasteiger partial charge in [0.05, 0.1) is 6.61 Å². The number of likely N-dealkylation sites (tertiary alicyclic amines) is 1. The topological polar surface area (TPSA) is 39.6 Å². The molecule has 0 spiro atoms. The van der Waals surface area contributed by atoms with Crippen LogP contribution in [0.25, 0.3) is 0 Å². The Morgan fingerprint density at radius 1 is 1.48 bits per heavy atom. The van der Waals surface area contributed by atoms with Gasteiger partial charge in [-0.05, 0) is 37.4 Å². The van der Waals surface area contributed by atoms with Gasteiger partial charge in [0.15, 0.2) is 0 Å². The summed E-state index contributed by atoms with van der Waals surface area (Å²) in [6.07, 6.45) is 7.00. The van der Waals surface area contributed by atoms with Gasteiger partial charge in [0, 0.05) is 38.8 Å². The van der Waals surface area contributed by atoms with Crippen molar-refractivity contribution in [2.24, 2.45) is 5.41 Å². The first kappa shape index (κ1) is 16.0. The molecule has 0 amide bonds. The van der Waals surface area contributed by atoms with E-state index in [-0.39, 0.29) is 12.0 Å². The first-order chi connectivity index (χ1) is 10.1. The lowest BCUT2D eigenvalue weighted by Crippen LogP contribution is -2.44. The molecular weight excluding hydrogens is 262 g/mol. The first-order valence-corrected chi connectivity index (χ1v) is 7.65. The Labute approximate surface area is 128 Å². The van der Waals surface area contributed by atoms with E-state index in [2.05, 4.69) is 28.6 Å². The molecule has 0 saturated carbocycles. The van der Waals surface area contributed by atoms with Crippen molar-refractivity contribution in [3.63, 3.8) is 0 Å². The van der Waals surface area contributed by atoms with Gasteiger partial charge in [-0.15, -0.1) is 6.58 Å². The Kier molecular flexibility index (Phi) is 5.37. The number of piperidine rings is 1. The van der Waals surface area contributed by atoms with Crippen LogP contribution in [0.4, 0.5) is 5.82 Å². The summed E-state index contributed by atoms with van der Waals surface area (Å²) < 4.78 is 0. The second-order valence-corrected chi connectivity index (χ2v) is 6.38. The number of anilines is 1. The highest BCUT2D eigenvalue weighted by Crippen LogP contribution is 2.33. The highest BCUT2D eigenvalue weighted by Gasteiger charge is 2.33. The molecule has 0 bridgehead atoms. The fraction of sp³-hybridized carbons (Fsp3) is 0.588. The van der Waals surface area contributed by atoms with Gasteiger partial charge in [-0.2, -0.15) is 0 Å². The highest BCUT2D eigenvalue weighted by molar-refractivity contribution is 5.37. The largest absolute Gasteiger partial charge is 0.396 e. The SMILES string of the molecule is C=CC[C@@]1(CO)CCCN(Cc2ccc(N(C)C)nc2)C1. The van der Waals surface area contributed by atoms with Gasteiger partial charge in [-0.1, -0.05) is 12.1 Å². The van der Waals surface area contributed by atoms with Crippen LogP contribution < -0.4 is 4.90 Å². The van der Waals surface area contributed by atoms with Crippen molar-refractivity contribution in [2.75, 3.05) is 38.7 Å². The summed E-state index contributed by atoms with van der Waals surface area (Å²) in [5.74, 6) is 0.980. The van der Waals surface area contributed by atoms with Crippen LogP contribution in [-0.2, 0) is 6.54 Å². The van der Waals surface area contributed by atoms with E-state index in [1.165, 1.54) is 5.56 Å². The Bertz CT molecular complexity index is 458. The quantitative estimate of drug-likeness (QED) is 0.816. The Morgan fingerprint density at radius 3 is 2.86 bits per heavy atom. The molecule has 116 valence electrons. The van der Waals surface area contributed by atoms with Crippen LogP contribution in [0.3, 0.4) is 0 Å². The number of aromatic nitrogens is 1.